The van der Waals surface area contributed by atoms with Gasteiger partial charge in [0.2, 0.25) is 0 Å². The van der Waals surface area contributed by atoms with Gasteiger partial charge in [-0.3, -0.25) is 0 Å². The van der Waals surface area contributed by atoms with Crippen LogP contribution in [0.5, 0.6) is 0 Å². The first-order valence-electron chi connectivity index (χ1n) is 5.46. The van der Waals surface area contributed by atoms with E-state index in [-0.39, 0.29) is 0 Å². The zero-order valence-corrected chi connectivity index (χ0v) is 9.76. The number of hydrogen-bond acceptors (Lipinski definition) is 2. The van der Waals surface area contributed by atoms with Crippen molar-refractivity contribution >= 4 is 0 Å². The third-order valence-corrected chi connectivity index (χ3v) is 2.28. The van der Waals surface area contributed by atoms with Crippen LogP contribution in [0.1, 0.15) is 44.1 Å². The Morgan fingerprint density at radius 1 is 1.53 bits per heavy atom. The van der Waals surface area contributed by atoms with E-state index in [1.54, 1.807) is 0 Å². The molecule has 0 aliphatic rings. The lowest BCUT2D eigenvalue weighted by Crippen LogP contribution is -2.21. The van der Waals surface area contributed by atoms with Gasteiger partial charge in [0.15, 0.2) is 0 Å². The van der Waals surface area contributed by atoms with Gasteiger partial charge in [-0.2, -0.15) is 0 Å². The molecule has 1 rings (SSSR count). The predicted molar refractivity (Wildman–Crippen MR) is 62.5 cm³/mol. The minimum atomic E-state index is 0.301. The number of aryl methyl sites for hydroxylation is 1. The fourth-order valence-electron chi connectivity index (χ4n) is 1.48. The van der Waals surface area contributed by atoms with Crippen LogP contribution in [0.2, 0.25) is 0 Å². The van der Waals surface area contributed by atoms with E-state index < -0.39 is 0 Å². The Balaban J connectivity index is 2.65. The summed E-state index contributed by atoms with van der Waals surface area (Å²) >= 11 is 0. The first-order chi connectivity index (χ1) is 7.27. The molecule has 82 valence electrons. The van der Waals surface area contributed by atoms with Crippen LogP contribution in [0.4, 0.5) is 0 Å². The van der Waals surface area contributed by atoms with Crippen molar-refractivity contribution in [3.63, 3.8) is 0 Å². The summed E-state index contributed by atoms with van der Waals surface area (Å²) in [6, 6.07) is 2.37. The van der Waals surface area contributed by atoms with Crippen LogP contribution in [0.25, 0.3) is 0 Å². The fraction of sp³-hybridized carbons (Fsp3) is 0.538. The first-order valence-corrected chi connectivity index (χ1v) is 5.46. The maximum absolute atomic E-state index is 5.32. The molecule has 1 aromatic heterocycles. The monoisotopic (exact) mass is 205 g/mol. The molecule has 0 bridgehead atoms. The van der Waals surface area contributed by atoms with Gasteiger partial charge < -0.3 is 9.73 Å². The van der Waals surface area contributed by atoms with E-state index in [2.05, 4.69) is 30.1 Å². The largest absolute Gasteiger partial charge is 0.469 e. The molecule has 1 atom stereocenters. The molecule has 1 heterocycles. The molecule has 15 heavy (non-hydrogen) atoms. The number of furan rings is 1. The van der Waals surface area contributed by atoms with Crippen molar-refractivity contribution in [2.75, 3.05) is 6.54 Å². The van der Waals surface area contributed by atoms with Crippen LogP contribution in [-0.4, -0.2) is 6.54 Å². The van der Waals surface area contributed by atoms with E-state index in [4.69, 9.17) is 4.42 Å². The molecule has 0 spiro atoms. The first kappa shape index (κ1) is 11.9. The lowest BCUT2D eigenvalue weighted by molar-refractivity contribution is 0.509. The predicted octanol–water partition coefficient (Wildman–Crippen LogP) is 3.04. The van der Waals surface area contributed by atoms with Gasteiger partial charge >= 0.3 is 0 Å². The van der Waals surface area contributed by atoms with Crippen molar-refractivity contribution in [3.05, 3.63) is 23.7 Å². The number of rotatable bonds is 5. The Bertz CT molecular complexity index is 343. The molecule has 0 aliphatic heterocycles. The molecule has 2 heteroatoms. The molecule has 0 saturated heterocycles. The second kappa shape index (κ2) is 6.31. The lowest BCUT2D eigenvalue weighted by Gasteiger charge is -2.13. The van der Waals surface area contributed by atoms with E-state index in [1.165, 1.54) is 5.56 Å². The minimum absolute atomic E-state index is 0.301. The van der Waals surface area contributed by atoms with E-state index in [9.17, 15) is 0 Å². The van der Waals surface area contributed by atoms with Gasteiger partial charge in [-0.1, -0.05) is 6.92 Å². The van der Waals surface area contributed by atoms with Crippen molar-refractivity contribution < 1.29 is 4.42 Å². The summed E-state index contributed by atoms with van der Waals surface area (Å²) in [4.78, 5) is 0. The highest BCUT2D eigenvalue weighted by Gasteiger charge is 2.11. The molecule has 1 aromatic rings. The van der Waals surface area contributed by atoms with E-state index in [0.717, 1.165) is 25.1 Å². The Morgan fingerprint density at radius 3 is 2.87 bits per heavy atom. The molecular weight excluding hydrogens is 186 g/mol. The SMILES string of the molecule is CC#CCC(NCCC)c1coc(C)c1. The maximum Gasteiger partial charge on any atom is 0.101 e. The third-order valence-electron chi connectivity index (χ3n) is 2.28. The van der Waals surface area contributed by atoms with Crippen LogP contribution in [0.3, 0.4) is 0 Å². The van der Waals surface area contributed by atoms with Crippen molar-refractivity contribution in [2.24, 2.45) is 0 Å². The molecule has 0 amide bonds. The van der Waals surface area contributed by atoms with Crippen LogP contribution in [-0.2, 0) is 0 Å². The van der Waals surface area contributed by atoms with Gasteiger partial charge in [0.25, 0.3) is 0 Å². The topological polar surface area (TPSA) is 25.2 Å². The summed E-state index contributed by atoms with van der Waals surface area (Å²) in [7, 11) is 0. The Kier molecular flexibility index (Phi) is 5.00. The van der Waals surface area contributed by atoms with Gasteiger partial charge in [0.05, 0.1) is 6.26 Å². The van der Waals surface area contributed by atoms with E-state index in [0.29, 0.717) is 6.04 Å². The molecule has 1 unspecified atom stereocenters. The summed E-state index contributed by atoms with van der Waals surface area (Å²) in [5.74, 6) is 7.00. The average Bonchev–Trinajstić information content (AvgIpc) is 2.65. The van der Waals surface area contributed by atoms with Gasteiger partial charge in [-0.25, -0.2) is 0 Å². The summed E-state index contributed by atoms with van der Waals surface area (Å²) in [5.41, 5.74) is 1.20. The third kappa shape index (κ3) is 3.81. The number of hydrogen-bond donors (Lipinski definition) is 1. The molecule has 2 nitrogen and oxygen atoms in total. The molecule has 0 fully saturated rings. The van der Waals surface area contributed by atoms with Crippen molar-refractivity contribution in [1.82, 2.24) is 5.32 Å². The Labute approximate surface area is 92.1 Å². The fourth-order valence-corrected chi connectivity index (χ4v) is 1.48. The minimum Gasteiger partial charge on any atom is -0.469 e. The highest BCUT2D eigenvalue weighted by Crippen LogP contribution is 2.18. The lowest BCUT2D eigenvalue weighted by atomic mass is 10.1. The zero-order valence-electron chi connectivity index (χ0n) is 9.76. The van der Waals surface area contributed by atoms with Gasteiger partial charge in [0.1, 0.15) is 5.76 Å². The second-order valence-electron chi connectivity index (χ2n) is 3.63. The zero-order chi connectivity index (χ0) is 11.1. The summed E-state index contributed by atoms with van der Waals surface area (Å²) in [6.07, 6.45) is 3.79. The smallest absolute Gasteiger partial charge is 0.101 e. The average molecular weight is 205 g/mol. The van der Waals surface area contributed by atoms with Crippen molar-refractivity contribution in [3.8, 4) is 11.8 Å². The summed E-state index contributed by atoms with van der Waals surface area (Å²) < 4.78 is 5.32. The van der Waals surface area contributed by atoms with Crippen molar-refractivity contribution in [1.29, 1.82) is 0 Å². The van der Waals surface area contributed by atoms with Crippen LogP contribution in [0, 0.1) is 18.8 Å². The normalized spacial score (nSPS) is 11.9. The van der Waals surface area contributed by atoms with Crippen LogP contribution < -0.4 is 5.32 Å². The van der Waals surface area contributed by atoms with E-state index in [1.807, 2.05) is 20.1 Å². The standard InChI is InChI=1S/C13H19NO/c1-4-6-7-13(14-8-5-2)12-9-11(3)15-10-12/h9-10,13-14H,5,7-8H2,1-3H3. The maximum atomic E-state index is 5.32. The Hall–Kier alpha value is -1.20. The molecule has 0 radical (unpaired) electrons. The second-order valence-corrected chi connectivity index (χ2v) is 3.63. The highest BCUT2D eigenvalue weighted by atomic mass is 16.3. The summed E-state index contributed by atoms with van der Waals surface area (Å²) in [5, 5.41) is 3.47. The molecular formula is C13H19NO. The van der Waals surface area contributed by atoms with Gasteiger partial charge in [0, 0.05) is 18.0 Å². The van der Waals surface area contributed by atoms with Crippen LogP contribution in [0.15, 0.2) is 16.7 Å². The van der Waals surface area contributed by atoms with Gasteiger partial charge in [-0.05, 0) is 32.9 Å². The molecule has 0 aliphatic carbocycles. The quantitative estimate of drug-likeness (QED) is 0.747. The molecule has 0 aromatic carbocycles. The van der Waals surface area contributed by atoms with Crippen LogP contribution >= 0.6 is 0 Å². The highest BCUT2D eigenvalue weighted by molar-refractivity contribution is 5.18. The number of nitrogens with one attached hydrogen (secondary N) is 1. The van der Waals surface area contributed by atoms with Gasteiger partial charge in [-0.15, -0.1) is 11.8 Å². The Morgan fingerprint density at radius 2 is 2.33 bits per heavy atom. The molecule has 0 saturated carbocycles. The molecule has 1 N–H and O–H groups in total. The van der Waals surface area contributed by atoms with E-state index >= 15 is 0 Å². The summed E-state index contributed by atoms with van der Waals surface area (Å²) in [6.45, 7) is 7.01. The van der Waals surface area contributed by atoms with Crippen molar-refractivity contribution in [2.45, 2.75) is 39.7 Å².